The molecule has 6 heteroatoms. The normalized spacial score (nSPS) is 11.4. The number of hydrogen-bond acceptors (Lipinski definition) is 5. The van der Waals surface area contributed by atoms with E-state index in [1.165, 1.54) is 20.2 Å². The fourth-order valence-corrected chi connectivity index (χ4v) is 1.84. The van der Waals surface area contributed by atoms with E-state index in [0.717, 1.165) is 0 Å². The van der Waals surface area contributed by atoms with E-state index in [9.17, 15) is 9.59 Å². The number of benzene rings is 1. The minimum Gasteiger partial charge on any atom is -0.481 e. The molecule has 0 bridgehead atoms. The third kappa shape index (κ3) is 4.54. The molecule has 120 valence electrons. The second kappa shape index (κ2) is 7.40. The van der Waals surface area contributed by atoms with Crippen molar-refractivity contribution in [2.24, 2.45) is 0 Å². The number of hydrogen-bond donors (Lipinski definition) is 1. The Morgan fingerprint density at radius 1 is 1.13 bits per heavy atom. The third-order valence-corrected chi connectivity index (χ3v) is 3.16. The zero-order valence-electron chi connectivity index (χ0n) is 13.2. The fraction of sp³-hybridized carbons (Fsp3) is 0.235. The molecule has 0 aliphatic rings. The summed E-state index contributed by atoms with van der Waals surface area (Å²) in [7, 11) is 1.52. The molecule has 6 nitrogen and oxygen atoms in total. The van der Waals surface area contributed by atoms with Gasteiger partial charge in [0, 0.05) is 11.6 Å². The molecule has 1 aromatic heterocycles. The van der Waals surface area contributed by atoms with Crippen LogP contribution in [-0.4, -0.2) is 29.9 Å². The van der Waals surface area contributed by atoms with Crippen LogP contribution in [0.15, 0.2) is 42.6 Å². The Bertz CT molecular complexity index is 681. The molecule has 2 aromatic rings. The molecule has 1 atom stereocenters. The first-order valence-corrected chi connectivity index (χ1v) is 7.08. The predicted octanol–water partition coefficient (Wildman–Crippen LogP) is 2.70. The van der Waals surface area contributed by atoms with E-state index in [4.69, 9.17) is 9.47 Å². The Balaban J connectivity index is 1.94. The molecule has 0 spiro atoms. The molecule has 0 saturated heterocycles. The Hall–Kier alpha value is -2.89. The van der Waals surface area contributed by atoms with Crippen LogP contribution in [-0.2, 0) is 4.79 Å². The quantitative estimate of drug-likeness (QED) is 0.830. The monoisotopic (exact) mass is 314 g/mol. The molecule has 23 heavy (non-hydrogen) atoms. The molecule has 1 heterocycles. The molecule has 1 aromatic carbocycles. The van der Waals surface area contributed by atoms with Gasteiger partial charge in [-0.2, -0.15) is 0 Å². The van der Waals surface area contributed by atoms with E-state index in [0.29, 0.717) is 22.9 Å². The molecule has 1 unspecified atom stereocenters. The highest BCUT2D eigenvalue weighted by atomic mass is 16.5. The van der Waals surface area contributed by atoms with Crippen LogP contribution in [0.1, 0.15) is 24.2 Å². The summed E-state index contributed by atoms with van der Waals surface area (Å²) in [5.41, 5.74) is 1.15. The van der Waals surface area contributed by atoms with Gasteiger partial charge in [-0.15, -0.1) is 0 Å². The van der Waals surface area contributed by atoms with Crippen LogP contribution in [0, 0.1) is 0 Å². The van der Waals surface area contributed by atoms with Gasteiger partial charge in [0.25, 0.3) is 5.91 Å². The number of anilines is 1. The number of amides is 1. The maximum absolute atomic E-state index is 12.1. The van der Waals surface area contributed by atoms with Crippen molar-refractivity contribution < 1.29 is 19.1 Å². The van der Waals surface area contributed by atoms with E-state index in [1.807, 2.05) is 0 Å². The Morgan fingerprint density at radius 3 is 2.35 bits per heavy atom. The number of pyridine rings is 1. The first-order chi connectivity index (χ1) is 11.0. The van der Waals surface area contributed by atoms with Gasteiger partial charge in [0.2, 0.25) is 5.88 Å². The summed E-state index contributed by atoms with van der Waals surface area (Å²) >= 11 is 0. The van der Waals surface area contributed by atoms with Crippen molar-refractivity contribution in [1.29, 1.82) is 0 Å². The molecule has 1 N–H and O–H groups in total. The van der Waals surface area contributed by atoms with Gasteiger partial charge in [-0.05, 0) is 44.2 Å². The minimum absolute atomic E-state index is 0.0191. The van der Waals surface area contributed by atoms with E-state index in [-0.39, 0.29) is 11.7 Å². The number of nitrogens with zero attached hydrogens (tertiary/aromatic N) is 1. The van der Waals surface area contributed by atoms with Gasteiger partial charge in [-0.25, -0.2) is 4.98 Å². The van der Waals surface area contributed by atoms with Gasteiger partial charge in [0.15, 0.2) is 11.9 Å². The lowest BCUT2D eigenvalue weighted by Gasteiger charge is -2.15. The number of aromatic nitrogens is 1. The Morgan fingerprint density at radius 2 is 1.83 bits per heavy atom. The first kappa shape index (κ1) is 16.5. The lowest BCUT2D eigenvalue weighted by atomic mass is 10.1. The van der Waals surface area contributed by atoms with Crippen LogP contribution in [0.5, 0.6) is 11.6 Å². The number of Topliss-reactive ketones (excluding diaryl/α,β-unsaturated/α-hetero) is 1. The van der Waals surface area contributed by atoms with E-state index in [2.05, 4.69) is 10.3 Å². The number of carbonyl (C=O) groups excluding carboxylic acids is 2. The van der Waals surface area contributed by atoms with Gasteiger partial charge >= 0.3 is 0 Å². The van der Waals surface area contributed by atoms with Crippen molar-refractivity contribution >= 4 is 17.4 Å². The van der Waals surface area contributed by atoms with Gasteiger partial charge < -0.3 is 14.8 Å². The smallest absolute Gasteiger partial charge is 0.265 e. The molecule has 0 saturated carbocycles. The summed E-state index contributed by atoms with van der Waals surface area (Å²) in [6.07, 6.45) is 0.811. The van der Waals surface area contributed by atoms with Gasteiger partial charge in [0.1, 0.15) is 5.75 Å². The van der Waals surface area contributed by atoms with Crippen LogP contribution in [0.4, 0.5) is 5.69 Å². The van der Waals surface area contributed by atoms with Crippen molar-refractivity contribution in [2.75, 3.05) is 12.4 Å². The maximum atomic E-state index is 12.1. The first-order valence-electron chi connectivity index (χ1n) is 7.08. The summed E-state index contributed by atoms with van der Waals surface area (Å²) in [5.74, 6) is 0.672. The largest absolute Gasteiger partial charge is 0.481 e. The van der Waals surface area contributed by atoms with Crippen molar-refractivity contribution in [3.8, 4) is 11.6 Å². The van der Waals surface area contributed by atoms with Crippen LogP contribution < -0.4 is 14.8 Å². The van der Waals surface area contributed by atoms with Crippen molar-refractivity contribution in [2.45, 2.75) is 20.0 Å². The third-order valence-electron chi connectivity index (χ3n) is 3.16. The zero-order valence-corrected chi connectivity index (χ0v) is 13.2. The number of methoxy groups -OCH3 is 1. The lowest BCUT2D eigenvalue weighted by Crippen LogP contribution is -2.30. The highest BCUT2D eigenvalue weighted by molar-refractivity contribution is 5.94. The van der Waals surface area contributed by atoms with Crippen LogP contribution >= 0.6 is 0 Å². The summed E-state index contributed by atoms with van der Waals surface area (Å²) in [6, 6.07) is 10.00. The topological polar surface area (TPSA) is 77.5 Å². The van der Waals surface area contributed by atoms with Gasteiger partial charge in [-0.1, -0.05) is 0 Å². The fourth-order valence-electron chi connectivity index (χ4n) is 1.84. The number of nitrogens with one attached hydrogen (secondary N) is 1. The minimum atomic E-state index is -0.694. The lowest BCUT2D eigenvalue weighted by molar-refractivity contribution is -0.122. The summed E-state index contributed by atoms with van der Waals surface area (Å²) in [4.78, 5) is 27.3. The molecule has 0 aliphatic heterocycles. The summed E-state index contributed by atoms with van der Waals surface area (Å²) < 4.78 is 10.5. The van der Waals surface area contributed by atoms with Gasteiger partial charge in [0.05, 0.1) is 19.0 Å². The van der Waals surface area contributed by atoms with E-state index >= 15 is 0 Å². The van der Waals surface area contributed by atoms with E-state index < -0.39 is 6.10 Å². The SMILES string of the molecule is COc1ccc(NC(=O)C(C)Oc2ccc(C(C)=O)cc2)cn1. The molecule has 0 radical (unpaired) electrons. The number of rotatable bonds is 6. The Kier molecular flexibility index (Phi) is 5.30. The summed E-state index contributed by atoms with van der Waals surface area (Å²) in [6.45, 7) is 3.14. The van der Waals surface area contributed by atoms with Crippen molar-refractivity contribution in [1.82, 2.24) is 4.98 Å². The summed E-state index contributed by atoms with van der Waals surface area (Å²) in [5, 5.41) is 2.71. The molecular formula is C17H18N2O4. The molecule has 1 amide bonds. The van der Waals surface area contributed by atoms with Crippen LogP contribution in [0.2, 0.25) is 0 Å². The Labute approximate surface area is 134 Å². The average molecular weight is 314 g/mol. The molecular weight excluding hydrogens is 296 g/mol. The zero-order chi connectivity index (χ0) is 16.8. The van der Waals surface area contributed by atoms with E-state index in [1.54, 1.807) is 43.3 Å². The standard InChI is InChI=1S/C17H18N2O4/c1-11(20)13-4-7-15(8-5-13)23-12(2)17(21)19-14-6-9-16(22-3)18-10-14/h4-10,12H,1-3H3,(H,19,21). The number of ether oxygens (including phenoxy) is 2. The van der Waals surface area contributed by atoms with Gasteiger partial charge in [-0.3, -0.25) is 9.59 Å². The number of ketones is 1. The van der Waals surface area contributed by atoms with Crippen molar-refractivity contribution in [3.05, 3.63) is 48.2 Å². The predicted molar refractivity (Wildman–Crippen MR) is 86.0 cm³/mol. The second-order valence-corrected chi connectivity index (χ2v) is 4.92. The van der Waals surface area contributed by atoms with Crippen LogP contribution in [0.25, 0.3) is 0 Å². The van der Waals surface area contributed by atoms with Crippen molar-refractivity contribution in [3.63, 3.8) is 0 Å². The van der Waals surface area contributed by atoms with Crippen LogP contribution in [0.3, 0.4) is 0 Å². The second-order valence-electron chi connectivity index (χ2n) is 4.92. The highest BCUT2D eigenvalue weighted by Crippen LogP contribution is 2.16. The maximum Gasteiger partial charge on any atom is 0.265 e. The highest BCUT2D eigenvalue weighted by Gasteiger charge is 2.15. The molecule has 0 aliphatic carbocycles. The molecule has 0 fully saturated rings. The number of carbonyl (C=O) groups is 2. The molecule has 2 rings (SSSR count). The average Bonchev–Trinajstić information content (AvgIpc) is 2.56.